The summed E-state index contributed by atoms with van der Waals surface area (Å²) in [6.07, 6.45) is 6.09. The van der Waals surface area contributed by atoms with Crippen LogP contribution < -0.4 is 10.6 Å². The average molecular weight is 447 g/mol. The normalized spacial score (nSPS) is 17.9. The van der Waals surface area contributed by atoms with Gasteiger partial charge in [0.1, 0.15) is 17.8 Å². The SMILES string of the molecule is CC(C)C[C@H](NC(=O)c1cnccn1)C(=O)N[C@@H](CC(C)C)C(=O)N1CCC[C@H]1B(O)O. The van der Waals surface area contributed by atoms with Crippen LogP contribution in [0.25, 0.3) is 0 Å². The molecule has 0 spiro atoms. The Hall–Kier alpha value is -2.53. The molecule has 1 aromatic heterocycles. The topological polar surface area (TPSA) is 145 Å². The molecule has 10 nitrogen and oxygen atoms in total. The zero-order chi connectivity index (χ0) is 23.8. The van der Waals surface area contributed by atoms with Crippen LogP contribution in [0.2, 0.25) is 0 Å². The number of hydrogen-bond donors (Lipinski definition) is 4. The molecular weight excluding hydrogens is 413 g/mol. The molecule has 3 atom stereocenters. The summed E-state index contributed by atoms with van der Waals surface area (Å²) >= 11 is 0. The molecule has 1 aromatic rings. The second kappa shape index (κ2) is 11.9. The lowest BCUT2D eigenvalue weighted by Crippen LogP contribution is -2.57. The fraction of sp³-hybridized carbons (Fsp3) is 0.667. The molecule has 0 bridgehead atoms. The van der Waals surface area contributed by atoms with Crippen LogP contribution in [0.15, 0.2) is 18.6 Å². The van der Waals surface area contributed by atoms with Gasteiger partial charge in [-0.2, -0.15) is 0 Å². The smallest absolute Gasteiger partial charge is 0.426 e. The molecular formula is C21H34BN5O5. The quantitative estimate of drug-likeness (QED) is 0.374. The van der Waals surface area contributed by atoms with E-state index in [9.17, 15) is 24.4 Å². The Labute approximate surface area is 189 Å². The molecule has 0 saturated carbocycles. The highest BCUT2D eigenvalue weighted by Crippen LogP contribution is 2.21. The van der Waals surface area contributed by atoms with Gasteiger partial charge >= 0.3 is 7.12 Å². The van der Waals surface area contributed by atoms with E-state index in [0.29, 0.717) is 32.2 Å². The molecule has 176 valence electrons. The van der Waals surface area contributed by atoms with Crippen LogP contribution in [0.1, 0.15) is 63.9 Å². The number of amides is 3. The summed E-state index contributed by atoms with van der Waals surface area (Å²) in [6, 6.07) is -1.69. The molecule has 0 radical (unpaired) electrons. The van der Waals surface area contributed by atoms with Crippen molar-refractivity contribution >= 4 is 24.8 Å². The van der Waals surface area contributed by atoms with E-state index in [2.05, 4.69) is 20.6 Å². The summed E-state index contributed by atoms with van der Waals surface area (Å²) in [6.45, 7) is 8.16. The molecule has 11 heteroatoms. The van der Waals surface area contributed by atoms with Gasteiger partial charge in [0, 0.05) is 18.9 Å². The van der Waals surface area contributed by atoms with Crippen LogP contribution >= 0.6 is 0 Å². The summed E-state index contributed by atoms with van der Waals surface area (Å²) in [4.78, 5) is 48.2. The molecule has 32 heavy (non-hydrogen) atoms. The summed E-state index contributed by atoms with van der Waals surface area (Å²) in [5.41, 5.74) is 0.0979. The molecule has 1 saturated heterocycles. The van der Waals surface area contributed by atoms with Crippen molar-refractivity contribution in [3.05, 3.63) is 24.3 Å². The van der Waals surface area contributed by atoms with Gasteiger partial charge in [-0.15, -0.1) is 0 Å². The van der Waals surface area contributed by atoms with Gasteiger partial charge in [-0.05, 0) is 37.5 Å². The fourth-order valence-electron chi connectivity index (χ4n) is 3.89. The number of hydrogen-bond acceptors (Lipinski definition) is 7. The van der Waals surface area contributed by atoms with Crippen molar-refractivity contribution in [1.29, 1.82) is 0 Å². The largest absolute Gasteiger partial charge is 0.475 e. The predicted molar refractivity (Wildman–Crippen MR) is 119 cm³/mol. The monoisotopic (exact) mass is 447 g/mol. The lowest BCUT2D eigenvalue weighted by atomic mass is 9.77. The molecule has 2 rings (SSSR count). The number of carbonyl (C=O) groups excluding carboxylic acids is 3. The highest BCUT2D eigenvalue weighted by Gasteiger charge is 2.40. The second-order valence-electron chi connectivity index (χ2n) is 9.09. The average Bonchev–Trinajstić information content (AvgIpc) is 3.22. The van der Waals surface area contributed by atoms with E-state index in [4.69, 9.17) is 0 Å². The Morgan fingerprint density at radius 3 is 2.31 bits per heavy atom. The Balaban J connectivity index is 2.16. The Morgan fingerprint density at radius 1 is 1.09 bits per heavy atom. The Kier molecular flexibility index (Phi) is 9.58. The van der Waals surface area contributed by atoms with Gasteiger partial charge < -0.3 is 25.6 Å². The highest BCUT2D eigenvalue weighted by atomic mass is 16.4. The van der Waals surface area contributed by atoms with Crippen molar-refractivity contribution in [2.24, 2.45) is 11.8 Å². The molecule has 0 aromatic carbocycles. The third-order valence-corrected chi connectivity index (χ3v) is 5.37. The lowest BCUT2D eigenvalue weighted by molar-refractivity contribution is -0.137. The maximum absolute atomic E-state index is 13.2. The third-order valence-electron chi connectivity index (χ3n) is 5.37. The predicted octanol–water partition coefficient (Wildman–Crippen LogP) is 0.155. The van der Waals surface area contributed by atoms with Gasteiger partial charge in [-0.1, -0.05) is 27.7 Å². The molecule has 1 aliphatic heterocycles. The summed E-state index contributed by atoms with van der Waals surface area (Å²) in [5, 5.41) is 24.8. The van der Waals surface area contributed by atoms with Crippen LogP contribution in [0.3, 0.4) is 0 Å². The van der Waals surface area contributed by atoms with Crippen LogP contribution in [0, 0.1) is 11.8 Å². The van der Waals surface area contributed by atoms with Gasteiger partial charge in [-0.3, -0.25) is 19.4 Å². The molecule has 0 aliphatic carbocycles. The first kappa shape index (κ1) is 25.7. The first-order valence-electron chi connectivity index (χ1n) is 11.1. The Bertz CT molecular complexity index is 777. The maximum atomic E-state index is 13.2. The van der Waals surface area contributed by atoms with E-state index in [1.54, 1.807) is 0 Å². The highest BCUT2D eigenvalue weighted by molar-refractivity contribution is 6.43. The van der Waals surface area contributed by atoms with Gasteiger partial charge in [-0.25, -0.2) is 4.98 Å². The van der Waals surface area contributed by atoms with E-state index in [1.807, 2.05) is 27.7 Å². The van der Waals surface area contributed by atoms with E-state index in [0.717, 1.165) is 0 Å². The number of likely N-dealkylation sites (tertiary alicyclic amines) is 1. The van der Waals surface area contributed by atoms with E-state index >= 15 is 0 Å². The van der Waals surface area contributed by atoms with Gasteiger partial charge in [0.25, 0.3) is 5.91 Å². The van der Waals surface area contributed by atoms with Crippen LogP contribution in [0.4, 0.5) is 0 Å². The van der Waals surface area contributed by atoms with E-state index in [-0.39, 0.29) is 23.4 Å². The maximum Gasteiger partial charge on any atom is 0.475 e. The van der Waals surface area contributed by atoms with Crippen molar-refractivity contribution < 1.29 is 24.4 Å². The zero-order valence-electron chi connectivity index (χ0n) is 19.2. The van der Waals surface area contributed by atoms with Crippen LogP contribution in [-0.4, -0.2) is 74.3 Å². The van der Waals surface area contributed by atoms with Crippen molar-refractivity contribution in [1.82, 2.24) is 25.5 Å². The first-order chi connectivity index (χ1) is 15.1. The van der Waals surface area contributed by atoms with E-state index < -0.39 is 37.0 Å². The molecule has 3 amide bonds. The lowest BCUT2D eigenvalue weighted by Gasteiger charge is -2.31. The second-order valence-corrected chi connectivity index (χ2v) is 9.09. The Morgan fingerprint density at radius 2 is 1.75 bits per heavy atom. The fourth-order valence-corrected chi connectivity index (χ4v) is 3.89. The molecule has 0 unspecified atom stereocenters. The number of nitrogens with zero attached hydrogens (tertiary/aromatic N) is 3. The number of aromatic nitrogens is 2. The standard InChI is InChI=1S/C21H34BN5O5/c1-13(2)10-15(25-20(29)17-12-23-7-8-24-17)19(28)26-16(11-14(3)4)21(30)27-9-5-6-18(27)22(31)32/h7-8,12-16,18,31-32H,5-6,9-11H2,1-4H3,(H,25,29)(H,26,28)/t15-,16-,18-/m0/s1. The summed E-state index contributed by atoms with van der Waals surface area (Å²) < 4.78 is 0. The van der Waals surface area contributed by atoms with Crippen molar-refractivity contribution in [2.45, 2.75) is 71.4 Å². The minimum absolute atomic E-state index is 0.0979. The molecule has 1 fully saturated rings. The minimum atomic E-state index is -1.63. The number of carbonyl (C=O) groups is 3. The van der Waals surface area contributed by atoms with E-state index in [1.165, 1.54) is 23.5 Å². The molecule has 1 aliphatic rings. The van der Waals surface area contributed by atoms with Gasteiger partial charge in [0.2, 0.25) is 11.8 Å². The van der Waals surface area contributed by atoms with Crippen molar-refractivity contribution in [3.8, 4) is 0 Å². The van der Waals surface area contributed by atoms with Crippen molar-refractivity contribution in [3.63, 3.8) is 0 Å². The van der Waals surface area contributed by atoms with Crippen LogP contribution in [0.5, 0.6) is 0 Å². The van der Waals surface area contributed by atoms with Gasteiger partial charge in [0.05, 0.1) is 12.1 Å². The van der Waals surface area contributed by atoms with Gasteiger partial charge in [0.15, 0.2) is 0 Å². The van der Waals surface area contributed by atoms with Crippen molar-refractivity contribution in [2.75, 3.05) is 6.54 Å². The molecule has 4 N–H and O–H groups in total. The third kappa shape index (κ3) is 7.27. The number of nitrogens with one attached hydrogen (secondary N) is 2. The summed E-state index contributed by atoms with van der Waals surface area (Å²) in [7, 11) is -1.63. The minimum Gasteiger partial charge on any atom is -0.426 e. The molecule has 2 heterocycles. The summed E-state index contributed by atoms with van der Waals surface area (Å²) in [5.74, 6) is -1.78. The first-order valence-corrected chi connectivity index (χ1v) is 11.1. The number of rotatable bonds is 10. The van der Waals surface area contributed by atoms with Crippen LogP contribution in [-0.2, 0) is 9.59 Å². The zero-order valence-corrected chi connectivity index (χ0v) is 19.2.